The Morgan fingerprint density at radius 1 is 1.28 bits per heavy atom. The molecule has 18 heavy (non-hydrogen) atoms. The summed E-state index contributed by atoms with van der Waals surface area (Å²) in [7, 11) is 0. The number of pyridine rings is 1. The molecule has 0 atom stereocenters. The third-order valence-corrected chi connectivity index (χ3v) is 2.70. The Labute approximate surface area is 108 Å². The second kappa shape index (κ2) is 5.06. The van der Waals surface area contributed by atoms with E-state index in [1.807, 2.05) is 0 Å². The second-order valence-electron chi connectivity index (χ2n) is 3.82. The Morgan fingerprint density at radius 2 is 2.06 bits per heavy atom. The first-order valence-corrected chi connectivity index (χ1v) is 5.62. The molecule has 0 spiro atoms. The highest BCUT2D eigenvalue weighted by atomic mass is 35.5. The van der Waals surface area contributed by atoms with Crippen LogP contribution < -0.4 is 5.56 Å². The topological polar surface area (TPSA) is 59.3 Å². The number of aromatic carboxylic acids is 1. The van der Waals surface area contributed by atoms with Gasteiger partial charge in [-0.25, -0.2) is 4.79 Å². The highest BCUT2D eigenvalue weighted by Gasteiger charge is 2.04. The van der Waals surface area contributed by atoms with Crippen molar-refractivity contribution in [2.75, 3.05) is 0 Å². The van der Waals surface area contributed by atoms with Gasteiger partial charge in [0.1, 0.15) is 0 Å². The molecule has 0 saturated carbocycles. The van der Waals surface area contributed by atoms with Crippen molar-refractivity contribution in [2.45, 2.75) is 6.54 Å². The minimum Gasteiger partial charge on any atom is -0.478 e. The zero-order chi connectivity index (χ0) is 13.1. The Morgan fingerprint density at radius 3 is 2.78 bits per heavy atom. The average molecular weight is 264 g/mol. The maximum Gasteiger partial charge on any atom is 0.335 e. The fraction of sp³-hybridized carbons (Fsp3) is 0.0769. The van der Waals surface area contributed by atoms with E-state index >= 15 is 0 Å². The van der Waals surface area contributed by atoms with Crippen molar-refractivity contribution in [1.82, 2.24) is 4.57 Å². The summed E-state index contributed by atoms with van der Waals surface area (Å²) in [5.74, 6) is -0.990. The largest absolute Gasteiger partial charge is 0.478 e. The molecule has 5 heteroatoms. The summed E-state index contributed by atoms with van der Waals surface area (Å²) in [4.78, 5) is 22.4. The van der Waals surface area contributed by atoms with Crippen LogP contribution in [-0.2, 0) is 6.54 Å². The molecule has 0 fully saturated rings. The van der Waals surface area contributed by atoms with E-state index < -0.39 is 5.97 Å². The zero-order valence-electron chi connectivity index (χ0n) is 9.34. The third kappa shape index (κ3) is 2.78. The van der Waals surface area contributed by atoms with Crippen molar-refractivity contribution in [1.29, 1.82) is 0 Å². The average Bonchev–Trinajstić information content (AvgIpc) is 2.34. The number of carboxylic acids is 1. The van der Waals surface area contributed by atoms with E-state index in [1.165, 1.54) is 35.0 Å². The van der Waals surface area contributed by atoms with E-state index in [9.17, 15) is 9.59 Å². The molecule has 0 amide bonds. The highest BCUT2D eigenvalue weighted by molar-refractivity contribution is 6.30. The van der Waals surface area contributed by atoms with Gasteiger partial charge in [0.2, 0.25) is 0 Å². The number of benzene rings is 1. The van der Waals surface area contributed by atoms with E-state index in [2.05, 4.69) is 0 Å². The number of aromatic nitrogens is 1. The normalized spacial score (nSPS) is 10.3. The lowest BCUT2D eigenvalue weighted by Crippen LogP contribution is -2.18. The highest BCUT2D eigenvalue weighted by Crippen LogP contribution is 2.09. The molecule has 0 aliphatic rings. The number of carboxylic acid groups (broad SMARTS) is 1. The van der Waals surface area contributed by atoms with Gasteiger partial charge >= 0.3 is 5.97 Å². The Kier molecular flexibility index (Phi) is 3.48. The lowest BCUT2D eigenvalue weighted by molar-refractivity contribution is 0.0696. The SMILES string of the molecule is O=C(O)c1cccc(Cn2cc(Cl)ccc2=O)c1. The van der Waals surface area contributed by atoms with Gasteiger partial charge in [-0.15, -0.1) is 0 Å². The van der Waals surface area contributed by atoms with Crippen molar-refractivity contribution in [3.05, 3.63) is 69.1 Å². The fourth-order valence-electron chi connectivity index (χ4n) is 1.63. The fourth-order valence-corrected chi connectivity index (χ4v) is 1.81. The maximum atomic E-state index is 11.6. The molecular weight excluding hydrogens is 254 g/mol. The van der Waals surface area contributed by atoms with E-state index in [4.69, 9.17) is 16.7 Å². The molecule has 2 aromatic rings. The van der Waals surface area contributed by atoms with Crippen LogP contribution in [0.25, 0.3) is 0 Å². The maximum absolute atomic E-state index is 11.6. The number of hydrogen-bond donors (Lipinski definition) is 1. The van der Waals surface area contributed by atoms with Gasteiger partial charge in [0.05, 0.1) is 17.1 Å². The summed E-state index contributed by atoms with van der Waals surface area (Å²) in [6, 6.07) is 9.36. The van der Waals surface area contributed by atoms with Crippen molar-refractivity contribution < 1.29 is 9.90 Å². The minimum atomic E-state index is -0.990. The Bertz CT molecular complexity index is 649. The van der Waals surface area contributed by atoms with Gasteiger partial charge in [0.25, 0.3) is 5.56 Å². The van der Waals surface area contributed by atoms with E-state index in [1.54, 1.807) is 12.1 Å². The molecule has 4 nitrogen and oxygen atoms in total. The van der Waals surface area contributed by atoms with Crippen molar-refractivity contribution >= 4 is 17.6 Å². The molecule has 1 heterocycles. The summed E-state index contributed by atoms with van der Waals surface area (Å²) in [5, 5.41) is 9.35. The molecule has 0 saturated heterocycles. The van der Waals surface area contributed by atoms with Gasteiger partial charge in [-0.05, 0) is 23.8 Å². The smallest absolute Gasteiger partial charge is 0.335 e. The summed E-state index contributed by atoms with van der Waals surface area (Å²) in [6.45, 7) is 0.292. The van der Waals surface area contributed by atoms with Crippen LogP contribution in [0.2, 0.25) is 5.02 Å². The predicted molar refractivity (Wildman–Crippen MR) is 68.2 cm³/mol. The summed E-state index contributed by atoms with van der Waals surface area (Å²) < 4.78 is 1.43. The first kappa shape index (κ1) is 12.4. The van der Waals surface area contributed by atoms with Crippen LogP contribution in [0, 0.1) is 0 Å². The number of halogens is 1. The number of rotatable bonds is 3. The standard InChI is InChI=1S/C13H10ClNO3/c14-11-4-5-12(16)15(8-11)7-9-2-1-3-10(6-9)13(17)18/h1-6,8H,7H2,(H,17,18). The molecule has 0 aliphatic carbocycles. The van der Waals surface area contributed by atoms with Gasteiger partial charge in [-0.1, -0.05) is 23.7 Å². The van der Waals surface area contributed by atoms with Crippen LogP contribution in [0.3, 0.4) is 0 Å². The van der Waals surface area contributed by atoms with E-state index in [0.29, 0.717) is 11.6 Å². The summed E-state index contributed by atoms with van der Waals surface area (Å²) in [5.41, 5.74) is 0.752. The van der Waals surface area contributed by atoms with Crippen molar-refractivity contribution in [2.24, 2.45) is 0 Å². The lowest BCUT2D eigenvalue weighted by atomic mass is 10.1. The van der Waals surface area contributed by atoms with Gasteiger partial charge in [0, 0.05) is 12.3 Å². The molecule has 1 aromatic heterocycles. The number of carbonyl (C=O) groups is 1. The van der Waals surface area contributed by atoms with Crippen LogP contribution in [-0.4, -0.2) is 15.6 Å². The molecule has 0 bridgehead atoms. The number of nitrogens with zero attached hydrogens (tertiary/aromatic N) is 1. The van der Waals surface area contributed by atoms with E-state index in [-0.39, 0.29) is 11.1 Å². The molecule has 2 rings (SSSR count). The van der Waals surface area contributed by atoms with Crippen molar-refractivity contribution in [3.63, 3.8) is 0 Å². The predicted octanol–water partition coefficient (Wildman–Crippen LogP) is 2.25. The molecule has 1 N–H and O–H groups in total. The minimum absolute atomic E-state index is 0.180. The zero-order valence-corrected chi connectivity index (χ0v) is 10.1. The quantitative estimate of drug-likeness (QED) is 0.924. The first-order chi connectivity index (χ1) is 8.56. The summed E-state index contributed by atoms with van der Waals surface area (Å²) >= 11 is 5.81. The van der Waals surface area contributed by atoms with E-state index in [0.717, 1.165) is 5.56 Å². The number of hydrogen-bond acceptors (Lipinski definition) is 2. The molecule has 92 valence electrons. The molecule has 0 aliphatic heterocycles. The van der Waals surface area contributed by atoms with Crippen LogP contribution >= 0.6 is 11.6 Å². The van der Waals surface area contributed by atoms with Gasteiger partial charge < -0.3 is 9.67 Å². The molecular formula is C13H10ClNO3. The lowest BCUT2D eigenvalue weighted by Gasteiger charge is -2.06. The van der Waals surface area contributed by atoms with Gasteiger partial charge in [0.15, 0.2) is 0 Å². The van der Waals surface area contributed by atoms with Crippen LogP contribution in [0.4, 0.5) is 0 Å². The van der Waals surface area contributed by atoms with Crippen LogP contribution in [0.1, 0.15) is 15.9 Å². The van der Waals surface area contributed by atoms with Gasteiger partial charge in [-0.3, -0.25) is 4.79 Å². The molecule has 0 unspecified atom stereocenters. The summed E-state index contributed by atoms with van der Waals surface area (Å²) in [6.07, 6.45) is 1.53. The van der Waals surface area contributed by atoms with Crippen LogP contribution in [0.5, 0.6) is 0 Å². The Hall–Kier alpha value is -2.07. The monoisotopic (exact) mass is 263 g/mol. The second-order valence-corrected chi connectivity index (χ2v) is 4.26. The molecule has 1 aromatic carbocycles. The Balaban J connectivity index is 2.34. The van der Waals surface area contributed by atoms with Crippen molar-refractivity contribution in [3.8, 4) is 0 Å². The third-order valence-electron chi connectivity index (χ3n) is 2.47. The molecule has 0 radical (unpaired) electrons. The van der Waals surface area contributed by atoms with Gasteiger partial charge in [-0.2, -0.15) is 0 Å². The van der Waals surface area contributed by atoms with Crippen LogP contribution in [0.15, 0.2) is 47.4 Å². The first-order valence-electron chi connectivity index (χ1n) is 5.24.